The molecule has 2 heterocycles. The topological polar surface area (TPSA) is 128 Å². The number of halogens is 1. The molecule has 4 rings (SSSR count). The number of nitrogens with zero attached hydrogens (tertiary/aromatic N) is 1. The van der Waals surface area contributed by atoms with E-state index in [1.54, 1.807) is 12.4 Å². The van der Waals surface area contributed by atoms with E-state index in [2.05, 4.69) is 25.7 Å². The zero-order valence-corrected chi connectivity index (χ0v) is 20.7. The number of amides is 2. The number of benzene rings is 2. The highest BCUT2D eigenvalue weighted by atomic mass is 32.1. The first-order chi connectivity index (χ1) is 17.9. The fraction of sp³-hybridized carbons (Fsp3) is 0.120. The van der Waals surface area contributed by atoms with Crippen LogP contribution in [0.4, 0.5) is 31.9 Å². The van der Waals surface area contributed by atoms with Gasteiger partial charge in [-0.1, -0.05) is 12.1 Å². The Balaban J connectivity index is 1.61. The van der Waals surface area contributed by atoms with Crippen molar-refractivity contribution in [2.75, 3.05) is 37.3 Å². The Morgan fingerprint density at radius 2 is 1.68 bits per heavy atom. The molecule has 0 unspecified atom stereocenters. The molecule has 0 fully saturated rings. The van der Waals surface area contributed by atoms with Crippen molar-refractivity contribution in [3.63, 3.8) is 0 Å². The van der Waals surface area contributed by atoms with Crippen LogP contribution in [0.2, 0.25) is 0 Å². The maximum Gasteiger partial charge on any atom is 0.349 e. The van der Waals surface area contributed by atoms with Gasteiger partial charge in [-0.05, 0) is 23.6 Å². The number of esters is 2. The molecule has 0 aliphatic heterocycles. The number of aromatic nitrogens is 1. The van der Waals surface area contributed by atoms with E-state index in [4.69, 9.17) is 9.47 Å². The molecule has 37 heavy (non-hydrogen) atoms. The summed E-state index contributed by atoms with van der Waals surface area (Å²) < 4.78 is 29.5. The number of ether oxygens (including phenoxy) is 3. The summed E-state index contributed by atoms with van der Waals surface area (Å²) in [6, 6.07) is 9.12. The fourth-order valence-corrected chi connectivity index (χ4v) is 4.46. The summed E-state index contributed by atoms with van der Waals surface area (Å²) in [5, 5.41) is 11.2. The van der Waals surface area contributed by atoms with Gasteiger partial charge in [-0.25, -0.2) is 18.8 Å². The highest BCUT2D eigenvalue weighted by Gasteiger charge is 2.26. The summed E-state index contributed by atoms with van der Waals surface area (Å²) in [4.78, 5) is 41.1. The maximum atomic E-state index is 14.8. The molecular weight excluding hydrogens is 503 g/mol. The lowest BCUT2D eigenvalue weighted by molar-refractivity contribution is 0.0561. The van der Waals surface area contributed by atoms with Gasteiger partial charge in [0, 0.05) is 34.9 Å². The van der Waals surface area contributed by atoms with E-state index in [0.29, 0.717) is 11.4 Å². The van der Waals surface area contributed by atoms with Crippen molar-refractivity contribution >= 4 is 62.8 Å². The van der Waals surface area contributed by atoms with Gasteiger partial charge in [0.15, 0.2) is 5.82 Å². The number of pyridine rings is 1. The molecule has 0 radical (unpaired) electrons. The van der Waals surface area contributed by atoms with Crippen molar-refractivity contribution in [2.24, 2.45) is 0 Å². The van der Waals surface area contributed by atoms with Crippen molar-refractivity contribution in [1.82, 2.24) is 4.98 Å². The molecule has 12 heteroatoms. The van der Waals surface area contributed by atoms with Crippen LogP contribution in [0.3, 0.4) is 0 Å². The second-order valence-electron chi connectivity index (χ2n) is 7.48. The number of carbonyl (C=O) groups is 3. The number of hydrogen-bond donors (Lipinski definition) is 3. The predicted octanol–water partition coefficient (Wildman–Crippen LogP) is 5.40. The molecule has 0 atom stereocenters. The first-order valence-corrected chi connectivity index (χ1v) is 11.6. The van der Waals surface area contributed by atoms with E-state index >= 15 is 0 Å². The minimum Gasteiger partial charge on any atom is -0.494 e. The van der Waals surface area contributed by atoms with E-state index in [-0.39, 0.29) is 27.6 Å². The van der Waals surface area contributed by atoms with E-state index < -0.39 is 23.8 Å². The molecule has 4 aromatic rings. The van der Waals surface area contributed by atoms with Crippen LogP contribution in [0.5, 0.6) is 5.75 Å². The largest absolute Gasteiger partial charge is 0.494 e. The monoisotopic (exact) mass is 524 g/mol. The zero-order chi connectivity index (χ0) is 26.5. The molecule has 2 aromatic heterocycles. The van der Waals surface area contributed by atoms with Gasteiger partial charge in [0.05, 0.1) is 38.4 Å². The number of urea groups is 1. The summed E-state index contributed by atoms with van der Waals surface area (Å²) in [5.41, 5.74) is 0.751. The van der Waals surface area contributed by atoms with Crippen molar-refractivity contribution in [3.05, 3.63) is 70.4 Å². The van der Waals surface area contributed by atoms with Gasteiger partial charge in [-0.3, -0.25) is 4.98 Å². The predicted molar refractivity (Wildman–Crippen MR) is 138 cm³/mol. The summed E-state index contributed by atoms with van der Waals surface area (Å²) in [6.45, 7) is 0. The van der Waals surface area contributed by atoms with Crippen molar-refractivity contribution < 1.29 is 33.0 Å². The molecule has 2 aromatic carbocycles. The zero-order valence-electron chi connectivity index (χ0n) is 19.9. The Bertz CT molecular complexity index is 1500. The summed E-state index contributed by atoms with van der Waals surface area (Å²) in [6.07, 6.45) is 3.38. The second kappa shape index (κ2) is 10.9. The second-order valence-corrected chi connectivity index (χ2v) is 8.36. The molecule has 0 saturated carbocycles. The standard InChI is InChI=1S/C25H21FN4O6S/c1-34-20-9-15(26)17(10-18(20)28-16-6-4-5-13-7-8-27-11-14(13)16)29-25(33)30-19-12-37-22(24(32)36-3)21(19)23(31)35-2/h4-12,28H,1-3H3,(H2,29,30,33). The Morgan fingerprint density at radius 1 is 0.919 bits per heavy atom. The first-order valence-electron chi connectivity index (χ1n) is 10.7. The normalized spacial score (nSPS) is 10.5. The van der Waals surface area contributed by atoms with Crippen LogP contribution >= 0.6 is 11.3 Å². The first kappa shape index (κ1) is 25.4. The molecule has 190 valence electrons. The van der Waals surface area contributed by atoms with Crippen LogP contribution in [0.15, 0.2) is 54.2 Å². The number of fused-ring (bicyclic) bond motifs is 1. The number of anilines is 4. The molecular formula is C25H21FN4O6S. The van der Waals surface area contributed by atoms with E-state index in [1.165, 1.54) is 18.6 Å². The Hall–Kier alpha value is -4.71. The average Bonchev–Trinajstić information content (AvgIpc) is 3.32. The lowest BCUT2D eigenvalue weighted by atomic mass is 10.1. The van der Waals surface area contributed by atoms with Crippen LogP contribution < -0.4 is 20.7 Å². The smallest absolute Gasteiger partial charge is 0.349 e. The summed E-state index contributed by atoms with van der Waals surface area (Å²) in [5.74, 6) is -2.16. The number of hydrogen-bond acceptors (Lipinski definition) is 9. The highest BCUT2D eigenvalue weighted by Crippen LogP contribution is 2.35. The third-order valence-corrected chi connectivity index (χ3v) is 6.25. The Labute approximate surface area is 214 Å². The summed E-state index contributed by atoms with van der Waals surface area (Å²) in [7, 11) is 3.70. The average molecular weight is 525 g/mol. The van der Waals surface area contributed by atoms with E-state index in [1.807, 2.05) is 24.3 Å². The Morgan fingerprint density at radius 3 is 2.41 bits per heavy atom. The molecule has 2 amide bonds. The maximum absolute atomic E-state index is 14.8. The molecule has 0 aliphatic carbocycles. The van der Waals surface area contributed by atoms with Crippen molar-refractivity contribution in [3.8, 4) is 5.75 Å². The summed E-state index contributed by atoms with van der Waals surface area (Å²) >= 11 is 0.890. The number of nitrogens with one attached hydrogen (secondary N) is 3. The van der Waals surface area contributed by atoms with Gasteiger partial charge in [0.2, 0.25) is 0 Å². The van der Waals surface area contributed by atoms with Gasteiger partial charge in [-0.2, -0.15) is 0 Å². The lowest BCUT2D eigenvalue weighted by Crippen LogP contribution is -2.22. The molecule has 10 nitrogen and oxygen atoms in total. The highest BCUT2D eigenvalue weighted by molar-refractivity contribution is 7.13. The van der Waals surface area contributed by atoms with Gasteiger partial charge in [0.1, 0.15) is 16.2 Å². The van der Waals surface area contributed by atoms with Gasteiger partial charge >= 0.3 is 18.0 Å². The van der Waals surface area contributed by atoms with Crippen LogP contribution in [0.1, 0.15) is 20.0 Å². The fourth-order valence-electron chi connectivity index (χ4n) is 3.56. The number of rotatable bonds is 7. The van der Waals surface area contributed by atoms with Gasteiger partial charge in [-0.15, -0.1) is 11.3 Å². The minimum absolute atomic E-state index is 0.00488. The molecule has 0 bridgehead atoms. The van der Waals surface area contributed by atoms with Crippen LogP contribution in [-0.4, -0.2) is 44.3 Å². The van der Waals surface area contributed by atoms with Crippen molar-refractivity contribution in [2.45, 2.75) is 0 Å². The van der Waals surface area contributed by atoms with Crippen LogP contribution in [0.25, 0.3) is 10.8 Å². The SMILES string of the molecule is COC(=O)c1scc(NC(=O)Nc2cc(Nc3cccc4ccncc34)c(OC)cc2F)c1C(=O)OC. The van der Waals surface area contributed by atoms with Gasteiger partial charge in [0.25, 0.3) is 0 Å². The van der Waals surface area contributed by atoms with Crippen LogP contribution in [0, 0.1) is 5.82 Å². The quantitative estimate of drug-likeness (QED) is 0.274. The van der Waals surface area contributed by atoms with E-state index in [0.717, 1.165) is 42.4 Å². The third kappa shape index (κ3) is 5.28. The van der Waals surface area contributed by atoms with E-state index in [9.17, 15) is 18.8 Å². The number of carbonyl (C=O) groups excluding carboxylic acids is 3. The number of methoxy groups -OCH3 is 3. The molecule has 3 N–H and O–H groups in total. The van der Waals surface area contributed by atoms with Crippen molar-refractivity contribution in [1.29, 1.82) is 0 Å². The molecule has 0 aliphatic rings. The van der Waals surface area contributed by atoms with Gasteiger partial charge < -0.3 is 30.2 Å². The molecule has 0 saturated heterocycles. The third-order valence-electron chi connectivity index (χ3n) is 5.29. The minimum atomic E-state index is -0.858. The molecule has 0 spiro atoms. The Kier molecular flexibility index (Phi) is 7.49. The lowest BCUT2D eigenvalue weighted by Gasteiger charge is -2.16. The van der Waals surface area contributed by atoms with Crippen LogP contribution in [-0.2, 0) is 9.47 Å². The number of thiophene rings is 1.